The highest BCUT2D eigenvalue weighted by Gasteiger charge is 2.46. The van der Waals surface area contributed by atoms with Gasteiger partial charge in [-0.05, 0) is 37.1 Å². The topological polar surface area (TPSA) is 93.9 Å². The second kappa shape index (κ2) is 9.83. The first-order chi connectivity index (χ1) is 16.3. The zero-order chi connectivity index (χ0) is 25.7. The van der Waals surface area contributed by atoms with Gasteiger partial charge >= 0.3 is 5.51 Å². The van der Waals surface area contributed by atoms with Crippen LogP contribution in [0.25, 0.3) is 21.3 Å². The summed E-state index contributed by atoms with van der Waals surface area (Å²) in [7, 11) is -3.69. The van der Waals surface area contributed by atoms with Crippen molar-refractivity contribution in [1.29, 1.82) is 0 Å². The van der Waals surface area contributed by atoms with E-state index in [1.807, 2.05) is 6.92 Å². The highest BCUT2D eigenvalue weighted by molar-refractivity contribution is 7.92. The Labute approximate surface area is 214 Å². The summed E-state index contributed by atoms with van der Waals surface area (Å²) in [4.78, 5) is 17.9. The van der Waals surface area contributed by atoms with Gasteiger partial charge in [-0.3, -0.25) is 9.48 Å². The number of pyridine rings is 1. The summed E-state index contributed by atoms with van der Waals surface area (Å²) in [5, 5.41) is 8.18. The molecule has 36 heavy (non-hydrogen) atoms. The van der Waals surface area contributed by atoms with Gasteiger partial charge in [0.2, 0.25) is 0 Å². The van der Waals surface area contributed by atoms with Crippen molar-refractivity contribution < 1.29 is 26.4 Å². The number of amides is 1. The van der Waals surface area contributed by atoms with Crippen LogP contribution in [-0.2, 0) is 23.4 Å². The van der Waals surface area contributed by atoms with Gasteiger partial charge in [0.1, 0.15) is 9.71 Å². The molecule has 1 N–H and O–H groups in total. The summed E-state index contributed by atoms with van der Waals surface area (Å²) in [5.41, 5.74) is -2.21. The summed E-state index contributed by atoms with van der Waals surface area (Å²) < 4.78 is 62.9. The Morgan fingerprint density at radius 2 is 1.83 bits per heavy atom. The molecule has 192 valence electrons. The summed E-state index contributed by atoms with van der Waals surface area (Å²) >= 11 is 7.63. The molecule has 0 aliphatic rings. The van der Waals surface area contributed by atoms with Crippen molar-refractivity contribution in [1.82, 2.24) is 20.1 Å². The molecule has 13 heteroatoms. The third-order valence-electron chi connectivity index (χ3n) is 5.37. The van der Waals surface area contributed by atoms with Crippen LogP contribution in [0.15, 0.2) is 41.6 Å². The van der Waals surface area contributed by atoms with E-state index in [9.17, 15) is 26.4 Å². The molecule has 1 aromatic carbocycles. The van der Waals surface area contributed by atoms with Crippen molar-refractivity contribution in [3.05, 3.63) is 63.4 Å². The normalized spacial score (nSPS) is 12.0. The van der Waals surface area contributed by atoms with Crippen molar-refractivity contribution in [2.24, 2.45) is 7.05 Å². The molecular weight excluding hydrogens is 537 g/mol. The number of thiophene rings is 1. The fraction of sp³-hybridized carbons (Fsp3) is 0.261. The Kier molecular flexibility index (Phi) is 7.54. The number of carbonyl (C=O) groups is 1. The number of benzene rings is 1. The Bertz CT molecular complexity index is 1560. The van der Waals surface area contributed by atoms with Crippen LogP contribution in [0.2, 0.25) is 5.02 Å². The number of hydrogen-bond acceptors (Lipinski definition) is 6. The molecule has 0 saturated carbocycles. The molecule has 0 aliphatic heterocycles. The lowest BCUT2D eigenvalue weighted by Gasteiger charge is -2.10. The zero-order valence-corrected chi connectivity index (χ0v) is 21.0. The van der Waals surface area contributed by atoms with Gasteiger partial charge in [-0.2, -0.15) is 18.3 Å². The van der Waals surface area contributed by atoms with Gasteiger partial charge in [-0.25, -0.2) is 13.4 Å². The predicted octanol–water partition coefficient (Wildman–Crippen LogP) is 5.83. The molecule has 1 amide bonds. The highest BCUT2D eigenvalue weighted by atomic mass is 35.5. The third kappa shape index (κ3) is 4.84. The Morgan fingerprint density at radius 1 is 1.19 bits per heavy atom. The molecule has 0 bridgehead atoms. The van der Waals surface area contributed by atoms with Crippen LogP contribution >= 0.6 is 22.9 Å². The molecule has 4 rings (SSSR count). The number of nitrogens with one attached hydrogen (secondary N) is 1. The maximum absolute atomic E-state index is 13.2. The second-order valence-corrected chi connectivity index (χ2v) is 11.1. The Hall–Kier alpha value is -2.96. The predicted molar refractivity (Wildman–Crippen MR) is 134 cm³/mol. The maximum Gasteiger partial charge on any atom is 0.501 e. The second-order valence-electron chi connectivity index (χ2n) is 7.80. The first kappa shape index (κ1) is 27.6. The third-order valence-corrected chi connectivity index (χ3v) is 8.51. The number of sulfone groups is 1. The van der Waals surface area contributed by atoms with E-state index < -0.39 is 26.1 Å². The number of aryl methyl sites for hydroxylation is 3. The van der Waals surface area contributed by atoms with Gasteiger partial charge < -0.3 is 5.32 Å². The number of nitrogens with zero attached hydrogens (tertiary/aromatic N) is 3. The molecule has 0 spiro atoms. The molecule has 3 heterocycles. The van der Waals surface area contributed by atoms with E-state index >= 15 is 0 Å². The van der Waals surface area contributed by atoms with Gasteiger partial charge in [0.15, 0.2) is 0 Å². The summed E-state index contributed by atoms with van der Waals surface area (Å²) in [6.45, 7) is 3.60. The van der Waals surface area contributed by atoms with E-state index in [2.05, 4.69) is 15.4 Å². The first-order valence-corrected chi connectivity index (χ1v) is 12.8. The summed E-state index contributed by atoms with van der Waals surface area (Å²) in [6.07, 6.45) is 3.40. The molecule has 0 aliphatic carbocycles. The maximum atomic E-state index is 13.2. The molecule has 0 unspecified atom stereocenters. The molecular formula is C23H22ClF3N4O3S2. The number of rotatable bonds is 5. The molecule has 0 saturated heterocycles. The Morgan fingerprint density at radius 3 is 2.39 bits per heavy atom. The fourth-order valence-electron chi connectivity index (χ4n) is 3.60. The fourth-order valence-corrected chi connectivity index (χ4v) is 5.72. The highest BCUT2D eigenvalue weighted by Crippen LogP contribution is 2.42. The zero-order valence-electron chi connectivity index (χ0n) is 18.6. The van der Waals surface area contributed by atoms with Gasteiger partial charge in [0.25, 0.3) is 15.7 Å². The SMILES string of the molecule is C.Cc1nc2sc(C(=O)NCc3ccc(S(=O)(=O)C(F)(F)F)cc3)c(-c3cnn(C)c3)c2c(C)c1Cl. The average molecular weight is 559 g/mol. The monoisotopic (exact) mass is 558 g/mol. The standard InChI is InChI=1S/C22H18ClF3N4O3S2.CH4/c1-11-16-17(14-9-28-30(3)10-14)19(34-21(16)29-12(2)18(11)23)20(31)27-8-13-4-6-15(7-5-13)35(32,33)22(24,25)26;/h4-7,9-10H,8H2,1-3H3,(H,27,31);1H4. The number of carbonyl (C=O) groups excluding carboxylic acids is 1. The van der Waals surface area contributed by atoms with Crippen molar-refractivity contribution in [2.45, 2.75) is 38.2 Å². The smallest absolute Gasteiger partial charge is 0.347 e. The minimum absolute atomic E-state index is 0. The van der Waals surface area contributed by atoms with Crippen molar-refractivity contribution in [3.8, 4) is 11.1 Å². The van der Waals surface area contributed by atoms with Crippen LogP contribution in [0.4, 0.5) is 13.2 Å². The summed E-state index contributed by atoms with van der Waals surface area (Å²) in [5.74, 6) is -0.424. The molecule has 0 fully saturated rings. The number of alkyl halides is 3. The molecule has 0 atom stereocenters. The average Bonchev–Trinajstić information content (AvgIpc) is 3.38. The quantitative estimate of drug-likeness (QED) is 0.333. The van der Waals surface area contributed by atoms with Crippen molar-refractivity contribution in [3.63, 3.8) is 0 Å². The lowest BCUT2D eigenvalue weighted by atomic mass is 10.0. The number of fused-ring (bicyclic) bond motifs is 1. The van der Waals surface area contributed by atoms with Gasteiger partial charge in [0, 0.05) is 36.3 Å². The van der Waals surface area contributed by atoms with Gasteiger partial charge in [0.05, 0.1) is 21.8 Å². The van der Waals surface area contributed by atoms with Crippen molar-refractivity contribution in [2.75, 3.05) is 0 Å². The van der Waals surface area contributed by atoms with Crippen LogP contribution < -0.4 is 5.32 Å². The van der Waals surface area contributed by atoms with E-state index in [0.29, 0.717) is 37.1 Å². The minimum atomic E-state index is -5.44. The minimum Gasteiger partial charge on any atom is -0.347 e. The Balaban J connectivity index is 0.00000361. The van der Waals surface area contributed by atoms with Gasteiger partial charge in [-0.15, -0.1) is 11.3 Å². The molecule has 4 aromatic rings. The van der Waals surface area contributed by atoms with E-state index in [1.165, 1.54) is 23.5 Å². The number of hydrogen-bond donors (Lipinski definition) is 1. The number of aromatic nitrogens is 3. The lowest BCUT2D eigenvalue weighted by Crippen LogP contribution is -2.24. The van der Waals surface area contributed by atoms with Crippen LogP contribution in [0.1, 0.15) is 33.9 Å². The van der Waals surface area contributed by atoms with Crippen LogP contribution in [0.3, 0.4) is 0 Å². The van der Waals surface area contributed by atoms with Crippen LogP contribution in [0, 0.1) is 13.8 Å². The van der Waals surface area contributed by atoms with E-state index in [4.69, 9.17) is 11.6 Å². The van der Waals surface area contributed by atoms with E-state index in [1.54, 1.807) is 31.0 Å². The van der Waals surface area contributed by atoms with E-state index in [0.717, 1.165) is 23.1 Å². The first-order valence-electron chi connectivity index (χ1n) is 10.1. The van der Waals surface area contributed by atoms with Crippen LogP contribution in [-0.4, -0.2) is 34.6 Å². The summed E-state index contributed by atoms with van der Waals surface area (Å²) in [6, 6.07) is 4.17. The largest absolute Gasteiger partial charge is 0.501 e. The van der Waals surface area contributed by atoms with Crippen LogP contribution in [0.5, 0.6) is 0 Å². The van der Waals surface area contributed by atoms with Gasteiger partial charge in [-0.1, -0.05) is 31.2 Å². The number of halogens is 4. The molecule has 0 radical (unpaired) electrons. The van der Waals surface area contributed by atoms with Crippen molar-refractivity contribution >= 4 is 48.9 Å². The van der Waals surface area contributed by atoms with E-state index in [-0.39, 0.29) is 14.0 Å². The molecule has 7 nitrogen and oxygen atoms in total. The lowest BCUT2D eigenvalue weighted by molar-refractivity contribution is -0.0436. The molecule has 3 aromatic heterocycles.